The van der Waals surface area contributed by atoms with Crippen LogP contribution < -0.4 is 4.90 Å². The zero-order valence-corrected chi connectivity index (χ0v) is 13.3. The van der Waals surface area contributed by atoms with E-state index in [4.69, 9.17) is 11.8 Å². The number of hydrogen-bond donors (Lipinski definition) is 1. The van der Waals surface area contributed by atoms with Gasteiger partial charge in [-0.1, -0.05) is 12.1 Å². The van der Waals surface area contributed by atoms with Crippen molar-refractivity contribution in [3.63, 3.8) is 0 Å². The highest BCUT2D eigenvalue weighted by atomic mass is 35.5. The molecule has 0 radical (unpaired) electrons. The van der Waals surface area contributed by atoms with Gasteiger partial charge in [0.25, 0.3) is 5.60 Å². The molecule has 10 heteroatoms. The molecule has 0 bridgehead atoms. The van der Waals surface area contributed by atoms with E-state index in [1.807, 2.05) is 11.8 Å². The smallest absolute Gasteiger partial charge is 0.369 e. The van der Waals surface area contributed by atoms with Gasteiger partial charge in [-0.25, -0.2) is 4.42 Å². The van der Waals surface area contributed by atoms with Crippen LogP contribution in [0.25, 0.3) is 0 Å². The predicted molar refractivity (Wildman–Crippen MR) is 76.7 cm³/mol. The number of alkyl halides is 6. The average molecular weight is 377 g/mol. The summed E-state index contributed by atoms with van der Waals surface area (Å²) in [6.07, 6.45) is -11.8. The van der Waals surface area contributed by atoms with Gasteiger partial charge in [-0.15, -0.1) is 0 Å². The number of piperazine rings is 1. The van der Waals surface area contributed by atoms with E-state index in [9.17, 15) is 31.4 Å². The summed E-state index contributed by atoms with van der Waals surface area (Å²) in [5, 5.41) is 9.36. The molecule has 1 N–H and O–H groups in total. The molecule has 0 spiro atoms. The molecule has 1 aromatic rings. The van der Waals surface area contributed by atoms with Gasteiger partial charge in [0, 0.05) is 36.9 Å². The minimum absolute atomic E-state index is 0.0637. The van der Waals surface area contributed by atoms with Gasteiger partial charge in [-0.05, 0) is 30.8 Å². The zero-order chi connectivity index (χ0) is 18.3. The lowest BCUT2D eigenvalue weighted by Crippen LogP contribution is -2.54. The molecule has 1 atom stereocenters. The Morgan fingerprint density at radius 1 is 1.00 bits per heavy atom. The van der Waals surface area contributed by atoms with Gasteiger partial charge >= 0.3 is 12.4 Å². The van der Waals surface area contributed by atoms with Crippen molar-refractivity contribution in [2.75, 3.05) is 24.5 Å². The van der Waals surface area contributed by atoms with E-state index in [0.717, 1.165) is 12.1 Å². The van der Waals surface area contributed by atoms with Crippen LogP contribution in [0.15, 0.2) is 24.3 Å². The first-order valence-corrected chi connectivity index (χ1v) is 7.35. The van der Waals surface area contributed by atoms with Gasteiger partial charge in [0.1, 0.15) is 0 Å². The minimum atomic E-state index is -5.88. The number of nitrogens with zero attached hydrogens (tertiary/aromatic N) is 2. The Labute approximate surface area is 139 Å². The SMILES string of the molecule is C[C@H]1CN(Cl)CCN1c1ccc(C(O)(C(F)(F)F)C(F)(F)F)cc1. The molecule has 0 aromatic heterocycles. The van der Waals surface area contributed by atoms with Gasteiger partial charge < -0.3 is 10.0 Å². The van der Waals surface area contributed by atoms with Crippen molar-refractivity contribution in [2.24, 2.45) is 0 Å². The van der Waals surface area contributed by atoms with Crippen molar-refractivity contribution in [3.05, 3.63) is 29.8 Å². The molecule has 0 aliphatic carbocycles. The molecule has 0 amide bonds. The molecule has 24 heavy (non-hydrogen) atoms. The fourth-order valence-corrected chi connectivity index (χ4v) is 2.95. The van der Waals surface area contributed by atoms with Crippen molar-refractivity contribution in [1.29, 1.82) is 0 Å². The van der Waals surface area contributed by atoms with Gasteiger partial charge in [0.15, 0.2) is 0 Å². The summed E-state index contributed by atoms with van der Waals surface area (Å²) in [5.74, 6) is 0. The number of hydrogen-bond acceptors (Lipinski definition) is 3. The summed E-state index contributed by atoms with van der Waals surface area (Å²) >= 11 is 5.87. The van der Waals surface area contributed by atoms with Crippen LogP contribution in [-0.4, -0.2) is 47.6 Å². The quantitative estimate of drug-likeness (QED) is 0.630. The van der Waals surface area contributed by atoms with E-state index < -0.39 is 23.5 Å². The average Bonchev–Trinajstić information content (AvgIpc) is 2.44. The second-order valence-electron chi connectivity index (χ2n) is 5.66. The van der Waals surface area contributed by atoms with Crippen LogP contribution in [0.5, 0.6) is 0 Å². The van der Waals surface area contributed by atoms with E-state index in [-0.39, 0.29) is 6.04 Å². The number of halogens is 7. The standard InChI is InChI=1S/C14H15ClF6N2O/c1-9-8-22(15)6-7-23(9)11-4-2-10(3-5-11)12(24,13(16,17)18)14(19,20)21/h2-5,9,24H,6-8H2,1H3/t9-/m0/s1. The first kappa shape index (κ1) is 19.1. The molecule has 136 valence electrons. The number of aliphatic hydroxyl groups is 1. The Morgan fingerprint density at radius 2 is 1.50 bits per heavy atom. The van der Waals surface area contributed by atoms with E-state index in [1.165, 1.54) is 0 Å². The van der Waals surface area contributed by atoms with E-state index >= 15 is 0 Å². The zero-order valence-electron chi connectivity index (χ0n) is 12.5. The van der Waals surface area contributed by atoms with Crippen LogP contribution in [0, 0.1) is 0 Å². The van der Waals surface area contributed by atoms with Crippen LogP contribution in [0.3, 0.4) is 0 Å². The van der Waals surface area contributed by atoms with E-state index in [0.29, 0.717) is 37.5 Å². The van der Waals surface area contributed by atoms with Gasteiger partial charge in [0.05, 0.1) is 0 Å². The molecule has 1 aromatic carbocycles. The summed E-state index contributed by atoms with van der Waals surface area (Å²) in [7, 11) is 0. The van der Waals surface area contributed by atoms with Crippen molar-refractivity contribution in [1.82, 2.24) is 4.42 Å². The largest absolute Gasteiger partial charge is 0.430 e. The molecule has 1 fully saturated rings. The monoisotopic (exact) mass is 376 g/mol. The summed E-state index contributed by atoms with van der Waals surface area (Å²) in [6, 6.07) is 3.51. The second-order valence-corrected chi connectivity index (χ2v) is 6.14. The number of benzene rings is 1. The highest BCUT2D eigenvalue weighted by Gasteiger charge is 2.71. The summed E-state index contributed by atoms with van der Waals surface area (Å²) in [6.45, 7) is 3.32. The van der Waals surface area contributed by atoms with E-state index in [2.05, 4.69) is 0 Å². The highest BCUT2D eigenvalue weighted by Crippen LogP contribution is 2.50. The first-order chi connectivity index (χ1) is 10.9. The molecule has 1 aliphatic heterocycles. The molecule has 3 nitrogen and oxygen atoms in total. The minimum Gasteiger partial charge on any atom is -0.369 e. The maximum absolute atomic E-state index is 12.8. The predicted octanol–water partition coefficient (Wildman–Crippen LogP) is 3.66. The van der Waals surface area contributed by atoms with Crippen LogP contribution >= 0.6 is 11.8 Å². The fourth-order valence-electron chi connectivity index (χ4n) is 2.68. The highest BCUT2D eigenvalue weighted by molar-refractivity contribution is 6.13. The van der Waals surface area contributed by atoms with Crippen molar-refractivity contribution in [2.45, 2.75) is 30.9 Å². The van der Waals surface area contributed by atoms with E-state index in [1.54, 1.807) is 4.42 Å². The van der Waals surface area contributed by atoms with Crippen LogP contribution in [0.2, 0.25) is 0 Å². The lowest BCUT2D eigenvalue weighted by molar-refractivity contribution is -0.376. The third-order valence-electron chi connectivity index (χ3n) is 4.02. The Kier molecular flexibility index (Phi) is 5.00. The summed E-state index contributed by atoms with van der Waals surface area (Å²) in [5.41, 5.74) is -5.71. The molecule has 0 saturated carbocycles. The molecule has 0 unspecified atom stereocenters. The van der Waals surface area contributed by atoms with Crippen molar-refractivity contribution < 1.29 is 31.4 Å². The van der Waals surface area contributed by atoms with Crippen LogP contribution in [0.1, 0.15) is 12.5 Å². The molecule has 2 rings (SSSR count). The topological polar surface area (TPSA) is 26.7 Å². The lowest BCUT2D eigenvalue weighted by atomic mass is 9.92. The second kappa shape index (κ2) is 6.27. The number of anilines is 1. The van der Waals surface area contributed by atoms with Crippen LogP contribution in [-0.2, 0) is 5.60 Å². The first-order valence-electron chi connectivity index (χ1n) is 7.01. The van der Waals surface area contributed by atoms with Gasteiger partial charge in [0.2, 0.25) is 0 Å². The van der Waals surface area contributed by atoms with Crippen molar-refractivity contribution >= 4 is 17.5 Å². The normalized spacial score (nSPS) is 21.2. The third-order valence-corrected chi connectivity index (χ3v) is 4.32. The summed E-state index contributed by atoms with van der Waals surface area (Å²) in [4.78, 5) is 1.82. The van der Waals surface area contributed by atoms with Crippen LogP contribution in [0.4, 0.5) is 32.0 Å². The Bertz CT molecular complexity index is 560. The maximum Gasteiger partial charge on any atom is 0.430 e. The van der Waals surface area contributed by atoms with Gasteiger partial charge in [-0.3, -0.25) is 0 Å². The van der Waals surface area contributed by atoms with Crippen molar-refractivity contribution in [3.8, 4) is 0 Å². The Hall–Kier alpha value is -1.19. The fraction of sp³-hybridized carbons (Fsp3) is 0.571. The Morgan fingerprint density at radius 3 is 1.92 bits per heavy atom. The molecule has 1 aliphatic rings. The molecule has 1 heterocycles. The molecular weight excluding hydrogens is 362 g/mol. The summed E-state index contributed by atoms with van der Waals surface area (Å²) < 4.78 is 78.6. The molecular formula is C14H15ClF6N2O. The Balaban J connectivity index is 2.34. The third kappa shape index (κ3) is 3.29. The molecule has 1 saturated heterocycles. The van der Waals surface area contributed by atoms with Gasteiger partial charge in [-0.2, -0.15) is 26.3 Å². The lowest BCUT2D eigenvalue weighted by Gasteiger charge is -2.39. The number of rotatable bonds is 2. The maximum atomic E-state index is 12.8.